The van der Waals surface area contributed by atoms with E-state index < -0.39 is 10.0 Å². The quantitative estimate of drug-likeness (QED) is 0.544. The van der Waals surface area contributed by atoms with E-state index in [0.29, 0.717) is 25.3 Å². The molecule has 1 heterocycles. The Hall–Kier alpha value is -0.960. The average molecular weight is 276 g/mol. The molecule has 0 aliphatic rings. The van der Waals surface area contributed by atoms with E-state index in [1.807, 2.05) is 0 Å². The van der Waals surface area contributed by atoms with Gasteiger partial charge in [-0.15, -0.1) is 0 Å². The van der Waals surface area contributed by atoms with Crippen LogP contribution in [0.5, 0.6) is 0 Å². The first-order chi connectivity index (χ1) is 8.61. The minimum Gasteiger partial charge on any atom is -0.385 e. The Morgan fingerprint density at radius 3 is 2.89 bits per heavy atom. The molecule has 0 aliphatic carbocycles. The summed E-state index contributed by atoms with van der Waals surface area (Å²) >= 11 is 0. The molecule has 0 aliphatic heterocycles. The second-order valence-electron chi connectivity index (χ2n) is 3.85. The van der Waals surface area contributed by atoms with Crippen LogP contribution < -0.4 is 10.0 Å². The van der Waals surface area contributed by atoms with E-state index in [2.05, 4.69) is 20.2 Å². The van der Waals surface area contributed by atoms with Gasteiger partial charge in [-0.05, 0) is 19.9 Å². The lowest BCUT2D eigenvalue weighted by Crippen LogP contribution is -2.26. The zero-order valence-corrected chi connectivity index (χ0v) is 11.5. The number of hydrogen-bond acceptors (Lipinski definition) is 5. The van der Waals surface area contributed by atoms with Gasteiger partial charge in [0.25, 0.3) is 10.0 Å². The van der Waals surface area contributed by atoms with Crippen molar-refractivity contribution in [2.24, 2.45) is 0 Å². The number of nitrogens with one attached hydrogen (secondary N) is 3. The Balaban J connectivity index is 2.54. The van der Waals surface area contributed by atoms with Gasteiger partial charge in [-0.25, -0.2) is 13.1 Å². The van der Waals surface area contributed by atoms with Crippen LogP contribution in [0.15, 0.2) is 11.2 Å². The molecule has 7 nitrogen and oxygen atoms in total. The fourth-order valence-corrected chi connectivity index (χ4v) is 2.70. The van der Waals surface area contributed by atoms with Gasteiger partial charge in [0, 0.05) is 32.4 Å². The maximum atomic E-state index is 12.0. The van der Waals surface area contributed by atoms with Crippen LogP contribution in [0, 0.1) is 0 Å². The van der Waals surface area contributed by atoms with Gasteiger partial charge in [-0.2, -0.15) is 5.10 Å². The van der Waals surface area contributed by atoms with Gasteiger partial charge in [0.15, 0.2) is 5.03 Å². The van der Waals surface area contributed by atoms with E-state index in [0.717, 1.165) is 12.8 Å². The predicted octanol–water partition coefficient (Wildman–Crippen LogP) is -0.166. The van der Waals surface area contributed by atoms with Crippen molar-refractivity contribution in [1.82, 2.24) is 20.2 Å². The molecule has 0 amide bonds. The molecular weight excluding hydrogens is 256 g/mol. The van der Waals surface area contributed by atoms with Crippen molar-refractivity contribution in [1.29, 1.82) is 0 Å². The van der Waals surface area contributed by atoms with Gasteiger partial charge in [0.05, 0.1) is 6.20 Å². The Morgan fingerprint density at radius 2 is 2.22 bits per heavy atom. The van der Waals surface area contributed by atoms with Crippen molar-refractivity contribution in [2.75, 3.05) is 27.3 Å². The maximum absolute atomic E-state index is 12.0. The molecule has 0 radical (unpaired) electrons. The Labute approximate surface area is 107 Å². The van der Waals surface area contributed by atoms with Gasteiger partial charge in [-0.1, -0.05) is 0 Å². The molecule has 0 atom stereocenters. The summed E-state index contributed by atoms with van der Waals surface area (Å²) in [7, 11) is -0.130. The lowest BCUT2D eigenvalue weighted by atomic mass is 10.3. The van der Waals surface area contributed by atoms with Crippen LogP contribution in [-0.2, 0) is 21.3 Å². The largest absolute Gasteiger partial charge is 0.385 e. The molecule has 104 valence electrons. The van der Waals surface area contributed by atoms with E-state index in [1.165, 1.54) is 6.20 Å². The van der Waals surface area contributed by atoms with Crippen LogP contribution in [0.4, 0.5) is 0 Å². The lowest BCUT2D eigenvalue weighted by molar-refractivity contribution is 0.193. The summed E-state index contributed by atoms with van der Waals surface area (Å²) < 4.78 is 31.4. The first-order valence-corrected chi connectivity index (χ1v) is 7.25. The van der Waals surface area contributed by atoms with Crippen LogP contribution in [0.2, 0.25) is 0 Å². The highest BCUT2D eigenvalue weighted by atomic mass is 32.2. The predicted molar refractivity (Wildman–Crippen MR) is 67.6 cm³/mol. The molecular formula is C10H20N4O3S. The summed E-state index contributed by atoms with van der Waals surface area (Å²) in [4.78, 5) is 0. The van der Waals surface area contributed by atoms with Gasteiger partial charge in [0.2, 0.25) is 0 Å². The lowest BCUT2D eigenvalue weighted by Gasteiger charge is -2.06. The third-order valence-electron chi connectivity index (χ3n) is 2.38. The van der Waals surface area contributed by atoms with Crippen molar-refractivity contribution in [3.05, 3.63) is 11.8 Å². The summed E-state index contributed by atoms with van der Waals surface area (Å²) in [5, 5.41) is 9.30. The highest BCUT2D eigenvalue weighted by molar-refractivity contribution is 7.89. The summed E-state index contributed by atoms with van der Waals surface area (Å²) in [6, 6.07) is 0. The zero-order valence-electron chi connectivity index (χ0n) is 10.7. The Kier molecular flexibility index (Phi) is 6.27. The molecule has 0 spiro atoms. The Morgan fingerprint density at radius 1 is 1.44 bits per heavy atom. The molecule has 3 N–H and O–H groups in total. The topological polar surface area (TPSA) is 96.1 Å². The number of rotatable bonds is 9. The first-order valence-electron chi connectivity index (χ1n) is 5.77. The number of sulfonamides is 1. The first kappa shape index (κ1) is 15.1. The van der Waals surface area contributed by atoms with Gasteiger partial charge >= 0.3 is 0 Å². The smallest absolute Gasteiger partial charge is 0.257 e. The fraction of sp³-hybridized carbons (Fsp3) is 0.700. The molecule has 0 saturated heterocycles. The van der Waals surface area contributed by atoms with Gasteiger partial charge < -0.3 is 10.1 Å². The van der Waals surface area contributed by atoms with Crippen LogP contribution >= 0.6 is 0 Å². The van der Waals surface area contributed by atoms with Crippen LogP contribution in [0.1, 0.15) is 18.4 Å². The van der Waals surface area contributed by atoms with E-state index in [1.54, 1.807) is 14.2 Å². The fourth-order valence-electron chi connectivity index (χ4n) is 1.50. The van der Waals surface area contributed by atoms with Crippen LogP contribution in [0.25, 0.3) is 0 Å². The van der Waals surface area contributed by atoms with E-state index >= 15 is 0 Å². The summed E-state index contributed by atoms with van der Waals surface area (Å²) in [5.74, 6) is 0. The number of unbranched alkanes of at least 4 members (excludes halogenated alkanes) is 1. The zero-order chi connectivity index (χ0) is 13.4. The van der Waals surface area contributed by atoms with Crippen molar-refractivity contribution < 1.29 is 13.2 Å². The molecule has 0 unspecified atom stereocenters. The number of ether oxygens (including phenoxy) is 1. The number of hydrogen-bond donors (Lipinski definition) is 3. The van der Waals surface area contributed by atoms with Crippen molar-refractivity contribution in [3.8, 4) is 0 Å². The van der Waals surface area contributed by atoms with E-state index in [9.17, 15) is 8.42 Å². The average Bonchev–Trinajstić information content (AvgIpc) is 2.78. The highest BCUT2D eigenvalue weighted by Crippen LogP contribution is 2.11. The summed E-state index contributed by atoms with van der Waals surface area (Å²) in [5.41, 5.74) is 0.627. The minimum atomic E-state index is -3.51. The number of nitrogens with zero attached hydrogens (tertiary/aromatic N) is 1. The molecule has 0 saturated carbocycles. The van der Waals surface area contributed by atoms with Crippen LogP contribution in [-0.4, -0.2) is 45.9 Å². The molecule has 0 fully saturated rings. The normalized spacial score (nSPS) is 11.9. The monoisotopic (exact) mass is 276 g/mol. The second kappa shape index (κ2) is 7.47. The molecule has 8 heteroatoms. The van der Waals surface area contributed by atoms with Crippen LogP contribution in [0.3, 0.4) is 0 Å². The molecule has 1 aromatic rings. The van der Waals surface area contributed by atoms with Gasteiger partial charge in [-0.3, -0.25) is 5.10 Å². The number of aromatic nitrogens is 2. The third kappa shape index (κ3) is 4.37. The SMILES string of the molecule is CNCc1cn[nH]c1S(=O)(=O)NCCCCOC. The molecule has 1 aromatic heterocycles. The molecule has 1 rings (SSSR count). The second-order valence-corrected chi connectivity index (χ2v) is 5.56. The number of H-pyrrole nitrogens is 1. The number of methoxy groups -OCH3 is 1. The molecule has 0 bridgehead atoms. The van der Waals surface area contributed by atoms with Crippen molar-refractivity contribution >= 4 is 10.0 Å². The minimum absolute atomic E-state index is 0.128. The Bertz CT molecular complexity index is 444. The number of aromatic amines is 1. The maximum Gasteiger partial charge on any atom is 0.257 e. The third-order valence-corrected chi connectivity index (χ3v) is 3.86. The summed E-state index contributed by atoms with van der Waals surface area (Å²) in [6.45, 7) is 1.48. The molecule has 18 heavy (non-hydrogen) atoms. The van der Waals surface area contributed by atoms with Crippen molar-refractivity contribution in [3.63, 3.8) is 0 Å². The van der Waals surface area contributed by atoms with Crippen molar-refractivity contribution in [2.45, 2.75) is 24.4 Å². The molecule has 0 aromatic carbocycles. The van der Waals surface area contributed by atoms with E-state index in [4.69, 9.17) is 4.74 Å². The van der Waals surface area contributed by atoms with E-state index in [-0.39, 0.29) is 5.03 Å². The summed E-state index contributed by atoms with van der Waals surface area (Å²) in [6.07, 6.45) is 3.07. The highest BCUT2D eigenvalue weighted by Gasteiger charge is 2.19. The van der Waals surface area contributed by atoms with Gasteiger partial charge in [0.1, 0.15) is 0 Å². The standard InChI is InChI=1S/C10H20N4O3S/c1-11-7-9-8-12-14-10(9)18(15,16)13-5-3-4-6-17-2/h8,11,13H,3-7H2,1-2H3,(H,12,14).